The van der Waals surface area contributed by atoms with Crippen molar-refractivity contribution in [1.29, 1.82) is 0 Å². The van der Waals surface area contributed by atoms with Crippen LogP contribution in [0.5, 0.6) is 0 Å². The van der Waals surface area contributed by atoms with Gasteiger partial charge in [0.05, 0.1) is 6.04 Å². The number of fused-ring (bicyclic) bond motifs is 1. The molecular weight excluding hydrogens is 164 g/mol. The van der Waals surface area contributed by atoms with E-state index < -0.39 is 0 Å². The summed E-state index contributed by atoms with van der Waals surface area (Å²) in [5.74, 6) is 2.09. The zero-order valence-corrected chi connectivity index (χ0v) is 8.03. The van der Waals surface area contributed by atoms with E-state index in [0.717, 1.165) is 37.5 Å². The number of hydrogen-bond acceptors (Lipinski definition) is 3. The van der Waals surface area contributed by atoms with Crippen molar-refractivity contribution in [3.05, 3.63) is 11.6 Å². The summed E-state index contributed by atoms with van der Waals surface area (Å²) in [7, 11) is 0. The van der Waals surface area contributed by atoms with Gasteiger partial charge in [-0.05, 0) is 12.8 Å². The van der Waals surface area contributed by atoms with Crippen LogP contribution >= 0.6 is 0 Å². The number of hydrogen-bond donors (Lipinski definition) is 1. The van der Waals surface area contributed by atoms with Gasteiger partial charge in [0.1, 0.15) is 11.6 Å². The first-order valence-corrected chi connectivity index (χ1v) is 5.00. The van der Waals surface area contributed by atoms with Gasteiger partial charge in [0.2, 0.25) is 0 Å². The summed E-state index contributed by atoms with van der Waals surface area (Å²) in [5, 5.41) is 8.28. The molecule has 1 aromatic rings. The summed E-state index contributed by atoms with van der Waals surface area (Å²) in [6, 6.07) is 0.0735. The molecule has 0 amide bonds. The maximum absolute atomic E-state index is 6.00. The third-order valence-corrected chi connectivity index (χ3v) is 2.57. The summed E-state index contributed by atoms with van der Waals surface area (Å²) in [4.78, 5) is 0. The van der Waals surface area contributed by atoms with Crippen LogP contribution in [0.25, 0.3) is 0 Å². The smallest absolute Gasteiger partial charge is 0.149 e. The van der Waals surface area contributed by atoms with E-state index in [1.54, 1.807) is 0 Å². The van der Waals surface area contributed by atoms with Crippen molar-refractivity contribution in [2.45, 2.75) is 45.2 Å². The van der Waals surface area contributed by atoms with Crippen LogP contribution in [0.15, 0.2) is 0 Å². The first kappa shape index (κ1) is 8.69. The van der Waals surface area contributed by atoms with Crippen LogP contribution in [0.3, 0.4) is 0 Å². The second-order valence-electron chi connectivity index (χ2n) is 3.62. The molecular formula is C9H16N4. The van der Waals surface area contributed by atoms with E-state index in [1.165, 1.54) is 6.42 Å². The lowest BCUT2D eigenvalue weighted by Gasteiger charge is -2.09. The molecule has 0 saturated carbocycles. The van der Waals surface area contributed by atoms with E-state index in [4.69, 9.17) is 5.73 Å². The number of nitrogens with zero attached hydrogens (tertiary/aromatic N) is 3. The molecule has 0 radical (unpaired) electrons. The number of aryl methyl sites for hydroxylation is 1. The van der Waals surface area contributed by atoms with Crippen molar-refractivity contribution in [2.75, 3.05) is 0 Å². The minimum atomic E-state index is 0.0735. The fraction of sp³-hybridized carbons (Fsp3) is 0.778. The molecule has 0 spiro atoms. The Hall–Kier alpha value is -0.900. The predicted molar refractivity (Wildman–Crippen MR) is 50.2 cm³/mol. The molecule has 4 heteroatoms. The van der Waals surface area contributed by atoms with E-state index in [0.29, 0.717) is 0 Å². The van der Waals surface area contributed by atoms with Crippen LogP contribution in [0.4, 0.5) is 0 Å². The molecule has 1 atom stereocenters. The molecule has 1 unspecified atom stereocenters. The first-order valence-electron chi connectivity index (χ1n) is 5.00. The summed E-state index contributed by atoms with van der Waals surface area (Å²) in [5.41, 5.74) is 6.00. The maximum Gasteiger partial charge on any atom is 0.149 e. The monoisotopic (exact) mass is 180 g/mol. The van der Waals surface area contributed by atoms with Crippen molar-refractivity contribution in [3.63, 3.8) is 0 Å². The fourth-order valence-electron chi connectivity index (χ4n) is 1.89. The predicted octanol–water partition coefficient (Wildman–Crippen LogP) is 1.02. The molecule has 2 rings (SSSR count). The molecule has 0 saturated heterocycles. The van der Waals surface area contributed by atoms with Crippen molar-refractivity contribution in [2.24, 2.45) is 5.73 Å². The number of aromatic nitrogens is 3. The third-order valence-electron chi connectivity index (χ3n) is 2.57. The Kier molecular flexibility index (Phi) is 2.31. The second-order valence-corrected chi connectivity index (χ2v) is 3.62. The van der Waals surface area contributed by atoms with Crippen LogP contribution in [-0.4, -0.2) is 14.8 Å². The third kappa shape index (κ3) is 1.46. The Morgan fingerprint density at radius 2 is 2.38 bits per heavy atom. The molecule has 1 aliphatic rings. The van der Waals surface area contributed by atoms with Crippen LogP contribution in [0.2, 0.25) is 0 Å². The summed E-state index contributed by atoms with van der Waals surface area (Å²) >= 11 is 0. The normalized spacial score (nSPS) is 17.4. The summed E-state index contributed by atoms with van der Waals surface area (Å²) in [6.45, 7) is 3.19. The average molecular weight is 180 g/mol. The lowest BCUT2D eigenvalue weighted by Crippen LogP contribution is -2.15. The van der Waals surface area contributed by atoms with Crippen LogP contribution in [-0.2, 0) is 13.0 Å². The van der Waals surface area contributed by atoms with Gasteiger partial charge >= 0.3 is 0 Å². The lowest BCUT2D eigenvalue weighted by atomic mass is 10.2. The van der Waals surface area contributed by atoms with Gasteiger partial charge in [-0.15, -0.1) is 10.2 Å². The molecule has 0 aliphatic carbocycles. The van der Waals surface area contributed by atoms with E-state index >= 15 is 0 Å². The van der Waals surface area contributed by atoms with Crippen molar-refractivity contribution in [1.82, 2.24) is 14.8 Å². The molecule has 0 aromatic carbocycles. The molecule has 1 aromatic heterocycles. The van der Waals surface area contributed by atoms with Crippen molar-refractivity contribution < 1.29 is 0 Å². The molecule has 4 nitrogen and oxygen atoms in total. The fourth-order valence-corrected chi connectivity index (χ4v) is 1.89. The Morgan fingerprint density at radius 1 is 1.54 bits per heavy atom. The van der Waals surface area contributed by atoms with Gasteiger partial charge < -0.3 is 10.3 Å². The summed E-state index contributed by atoms with van der Waals surface area (Å²) < 4.78 is 2.18. The van der Waals surface area contributed by atoms with E-state index in [9.17, 15) is 0 Å². The molecule has 0 bridgehead atoms. The second kappa shape index (κ2) is 3.46. The maximum atomic E-state index is 6.00. The number of nitrogens with two attached hydrogens (primary N) is 1. The average Bonchev–Trinajstić information content (AvgIpc) is 2.62. The van der Waals surface area contributed by atoms with Gasteiger partial charge in [-0.3, -0.25) is 0 Å². The van der Waals surface area contributed by atoms with E-state index in [2.05, 4.69) is 21.7 Å². The highest BCUT2D eigenvalue weighted by molar-refractivity contribution is 5.04. The quantitative estimate of drug-likeness (QED) is 0.755. The Balaban J connectivity index is 2.20. The number of rotatable bonds is 3. The van der Waals surface area contributed by atoms with Crippen molar-refractivity contribution >= 4 is 0 Å². The first-order chi connectivity index (χ1) is 6.33. The van der Waals surface area contributed by atoms with Gasteiger partial charge in [-0.25, -0.2) is 0 Å². The minimum absolute atomic E-state index is 0.0735. The SMILES string of the molecule is CCCC(N)c1nnc2n1CCC2. The van der Waals surface area contributed by atoms with Gasteiger partial charge in [-0.1, -0.05) is 13.3 Å². The van der Waals surface area contributed by atoms with Gasteiger partial charge in [-0.2, -0.15) is 0 Å². The van der Waals surface area contributed by atoms with Gasteiger partial charge in [0, 0.05) is 13.0 Å². The Bertz CT molecular complexity index is 292. The van der Waals surface area contributed by atoms with E-state index in [-0.39, 0.29) is 6.04 Å². The van der Waals surface area contributed by atoms with Crippen molar-refractivity contribution in [3.8, 4) is 0 Å². The van der Waals surface area contributed by atoms with Crippen LogP contribution in [0.1, 0.15) is 43.9 Å². The lowest BCUT2D eigenvalue weighted by molar-refractivity contribution is 0.558. The van der Waals surface area contributed by atoms with Gasteiger partial charge in [0.25, 0.3) is 0 Å². The molecule has 13 heavy (non-hydrogen) atoms. The van der Waals surface area contributed by atoms with Crippen LogP contribution in [0, 0.1) is 0 Å². The molecule has 72 valence electrons. The largest absolute Gasteiger partial charge is 0.321 e. The highest BCUT2D eigenvalue weighted by Crippen LogP contribution is 2.20. The standard InChI is InChI=1S/C9H16N4/c1-2-4-7(10)9-12-11-8-5-3-6-13(8)9/h7H,2-6,10H2,1H3. The highest BCUT2D eigenvalue weighted by Gasteiger charge is 2.20. The van der Waals surface area contributed by atoms with Gasteiger partial charge in [0.15, 0.2) is 0 Å². The topological polar surface area (TPSA) is 56.7 Å². The summed E-state index contributed by atoms with van der Waals surface area (Å²) in [6.07, 6.45) is 4.35. The zero-order valence-electron chi connectivity index (χ0n) is 8.03. The van der Waals surface area contributed by atoms with Crippen LogP contribution < -0.4 is 5.73 Å². The zero-order chi connectivity index (χ0) is 9.26. The molecule has 2 heterocycles. The highest BCUT2D eigenvalue weighted by atomic mass is 15.3. The molecule has 2 N–H and O–H groups in total. The molecule has 1 aliphatic heterocycles. The Labute approximate surface area is 78.1 Å². The minimum Gasteiger partial charge on any atom is -0.321 e. The van der Waals surface area contributed by atoms with E-state index in [1.807, 2.05) is 0 Å². The Morgan fingerprint density at radius 3 is 3.15 bits per heavy atom. The molecule has 0 fully saturated rings.